The lowest BCUT2D eigenvalue weighted by molar-refractivity contribution is 0.0622. The minimum absolute atomic E-state index is 0.0790. The summed E-state index contributed by atoms with van der Waals surface area (Å²) in [5.74, 6) is -0.843. The topological polar surface area (TPSA) is 61.1 Å². The maximum absolute atomic E-state index is 14.5. The zero-order valence-corrected chi connectivity index (χ0v) is 17.8. The van der Waals surface area contributed by atoms with Gasteiger partial charge in [-0.2, -0.15) is 5.10 Å². The normalized spacial score (nSPS) is 21.5. The van der Waals surface area contributed by atoms with Gasteiger partial charge in [-0.25, -0.2) is 13.3 Å². The molecule has 2 fully saturated rings. The highest BCUT2D eigenvalue weighted by atomic mass is 19.1. The molecule has 1 aromatic carbocycles. The molecular formula is C24H26F2N4O2. The van der Waals surface area contributed by atoms with Crippen LogP contribution in [-0.2, 0) is 0 Å². The quantitative estimate of drug-likeness (QED) is 0.671. The first kappa shape index (κ1) is 20.9. The van der Waals surface area contributed by atoms with Gasteiger partial charge in [0.05, 0.1) is 23.3 Å². The molecule has 4 heterocycles. The Kier molecular flexibility index (Phi) is 5.55. The van der Waals surface area contributed by atoms with Crippen LogP contribution in [0.1, 0.15) is 47.6 Å². The number of halogens is 2. The predicted molar refractivity (Wildman–Crippen MR) is 117 cm³/mol. The number of likely N-dealkylation sites (tertiary alicyclic amines) is 1. The standard InChI is InChI=1S/C24H26F2N4O2/c25-17-5-6-21(26)19(11-17)22-4-2-9-29(22)18-7-10-30-23(12-18)20(13-27-30)24(32)28-8-1-3-16(14-28)15-31/h5-7,10-13,16,22,31H,1-4,8-9,14-15H2/t16-,22+/m0/s1. The SMILES string of the molecule is O=C(c1cnn2ccc(N3CCC[C@@H]3c3cc(F)ccc3F)cc12)N1CCC[C@H](CO)C1. The molecule has 0 radical (unpaired) electrons. The van der Waals surface area contributed by atoms with Crippen LogP contribution in [0.25, 0.3) is 5.52 Å². The minimum atomic E-state index is -0.449. The van der Waals surface area contributed by atoms with Crippen LogP contribution in [0.15, 0.2) is 42.7 Å². The first-order valence-electron chi connectivity index (χ1n) is 11.1. The first-order chi connectivity index (χ1) is 15.5. The van der Waals surface area contributed by atoms with Crippen LogP contribution < -0.4 is 4.90 Å². The molecule has 32 heavy (non-hydrogen) atoms. The highest BCUT2D eigenvalue weighted by Crippen LogP contribution is 2.38. The summed E-state index contributed by atoms with van der Waals surface area (Å²) in [6.07, 6.45) is 6.77. The fraction of sp³-hybridized carbons (Fsp3) is 0.417. The van der Waals surface area contributed by atoms with Crippen LogP contribution >= 0.6 is 0 Å². The van der Waals surface area contributed by atoms with Crippen molar-refractivity contribution in [3.8, 4) is 0 Å². The van der Waals surface area contributed by atoms with E-state index in [1.54, 1.807) is 21.8 Å². The van der Waals surface area contributed by atoms with Crippen molar-refractivity contribution < 1.29 is 18.7 Å². The lowest BCUT2D eigenvalue weighted by atomic mass is 9.98. The van der Waals surface area contributed by atoms with Crippen LogP contribution in [0.4, 0.5) is 14.5 Å². The molecule has 2 atom stereocenters. The molecule has 2 aromatic heterocycles. The smallest absolute Gasteiger partial charge is 0.257 e. The number of hydrogen-bond donors (Lipinski definition) is 1. The van der Waals surface area contributed by atoms with Crippen molar-refractivity contribution in [1.29, 1.82) is 0 Å². The molecule has 8 heteroatoms. The summed E-state index contributed by atoms with van der Waals surface area (Å²) < 4.78 is 30.0. The van der Waals surface area contributed by atoms with Crippen LogP contribution in [0, 0.1) is 17.6 Å². The first-order valence-corrected chi connectivity index (χ1v) is 11.1. The second-order valence-electron chi connectivity index (χ2n) is 8.73. The van der Waals surface area contributed by atoms with E-state index in [-0.39, 0.29) is 24.5 Å². The van der Waals surface area contributed by atoms with Gasteiger partial charge in [-0.05, 0) is 61.9 Å². The van der Waals surface area contributed by atoms with E-state index in [0.717, 1.165) is 44.0 Å². The number of hydrogen-bond acceptors (Lipinski definition) is 4. The number of aliphatic hydroxyl groups excluding tert-OH is 1. The number of anilines is 1. The zero-order valence-electron chi connectivity index (χ0n) is 17.8. The molecule has 3 aromatic rings. The number of pyridine rings is 1. The van der Waals surface area contributed by atoms with Gasteiger partial charge in [0.15, 0.2) is 0 Å². The van der Waals surface area contributed by atoms with E-state index in [1.807, 2.05) is 12.1 Å². The molecule has 0 bridgehead atoms. The van der Waals surface area contributed by atoms with Gasteiger partial charge in [-0.3, -0.25) is 4.79 Å². The molecule has 0 spiro atoms. The van der Waals surface area contributed by atoms with Crippen LogP contribution in [0.5, 0.6) is 0 Å². The summed E-state index contributed by atoms with van der Waals surface area (Å²) in [4.78, 5) is 17.1. The molecule has 1 N–H and O–H groups in total. The second kappa shape index (κ2) is 8.50. The van der Waals surface area contributed by atoms with E-state index in [2.05, 4.69) is 10.00 Å². The Morgan fingerprint density at radius 2 is 1.97 bits per heavy atom. The average Bonchev–Trinajstić information content (AvgIpc) is 3.47. The lowest BCUT2D eigenvalue weighted by Crippen LogP contribution is -2.40. The number of piperidine rings is 1. The van der Waals surface area contributed by atoms with Gasteiger partial charge in [0.2, 0.25) is 0 Å². The fourth-order valence-electron chi connectivity index (χ4n) is 5.05. The van der Waals surface area contributed by atoms with Gasteiger partial charge in [0.1, 0.15) is 11.6 Å². The van der Waals surface area contributed by atoms with Crippen molar-refractivity contribution in [3.05, 3.63) is 65.5 Å². The summed E-state index contributed by atoms with van der Waals surface area (Å²) in [5, 5.41) is 13.8. The Balaban J connectivity index is 1.47. The number of benzene rings is 1. The summed E-state index contributed by atoms with van der Waals surface area (Å²) in [7, 11) is 0. The van der Waals surface area contributed by atoms with E-state index in [9.17, 15) is 18.7 Å². The van der Waals surface area contributed by atoms with Gasteiger partial charge >= 0.3 is 0 Å². The van der Waals surface area contributed by atoms with Crippen molar-refractivity contribution in [1.82, 2.24) is 14.5 Å². The molecule has 2 aliphatic heterocycles. The van der Waals surface area contributed by atoms with Gasteiger partial charge in [-0.15, -0.1) is 0 Å². The molecule has 6 nitrogen and oxygen atoms in total. The number of fused-ring (bicyclic) bond motifs is 1. The Morgan fingerprint density at radius 1 is 1.12 bits per heavy atom. The molecule has 0 saturated carbocycles. The van der Waals surface area contributed by atoms with Gasteiger partial charge in [-0.1, -0.05) is 0 Å². The Labute approximate surface area is 185 Å². The number of nitrogens with zero attached hydrogens (tertiary/aromatic N) is 4. The molecular weight excluding hydrogens is 414 g/mol. The van der Waals surface area contributed by atoms with Crippen molar-refractivity contribution in [2.45, 2.75) is 31.7 Å². The number of rotatable bonds is 4. The van der Waals surface area contributed by atoms with Crippen molar-refractivity contribution in [3.63, 3.8) is 0 Å². The van der Waals surface area contributed by atoms with E-state index in [1.165, 1.54) is 12.1 Å². The number of amides is 1. The van der Waals surface area contributed by atoms with Crippen molar-refractivity contribution >= 4 is 17.1 Å². The Bertz CT molecular complexity index is 1150. The average molecular weight is 440 g/mol. The summed E-state index contributed by atoms with van der Waals surface area (Å²) in [6.45, 7) is 2.01. The summed E-state index contributed by atoms with van der Waals surface area (Å²) >= 11 is 0. The zero-order chi connectivity index (χ0) is 22.2. The van der Waals surface area contributed by atoms with E-state index >= 15 is 0 Å². The maximum Gasteiger partial charge on any atom is 0.257 e. The molecule has 0 unspecified atom stereocenters. The molecule has 2 saturated heterocycles. The number of carbonyl (C=O) groups excluding carboxylic acids is 1. The largest absolute Gasteiger partial charge is 0.396 e. The highest BCUT2D eigenvalue weighted by Gasteiger charge is 2.30. The van der Waals surface area contributed by atoms with Crippen LogP contribution in [-0.4, -0.2) is 51.8 Å². The molecule has 2 aliphatic rings. The number of carbonyl (C=O) groups is 1. The molecule has 5 rings (SSSR count). The summed E-state index contributed by atoms with van der Waals surface area (Å²) in [5.41, 5.74) is 2.41. The molecule has 0 aliphatic carbocycles. The molecule has 168 valence electrons. The van der Waals surface area contributed by atoms with E-state index in [4.69, 9.17) is 0 Å². The highest BCUT2D eigenvalue weighted by molar-refractivity contribution is 6.01. The van der Waals surface area contributed by atoms with Gasteiger partial charge in [0, 0.05) is 43.7 Å². The second-order valence-corrected chi connectivity index (χ2v) is 8.73. The molecule has 1 amide bonds. The minimum Gasteiger partial charge on any atom is -0.396 e. The number of aromatic nitrogens is 2. The maximum atomic E-state index is 14.5. The van der Waals surface area contributed by atoms with Crippen molar-refractivity contribution in [2.24, 2.45) is 5.92 Å². The Hall–Kier alpha value is -3.00. The number of aliphatic hydroxyl groups is 1. The lowest BCUT2D eigenvalue weighted by Gasteiger charge is -2.31. The van der Waals surface area contributed by atoms with E-state index in [0.29, 0.717) is 29.7 Å². The summed E-state index contributed by atoms with van der Waals surface area (Å²) in [6, 6.07) is 7.13. The third-order valence-electron chi connectivity index (χ3n) is 6.70. The van der Waals surface area contributed by atoms with Crippen LogP contribution in [0.2, 0.25) is 0 Å². The van der Waals surface area contributed by atoms with Crippen LogP contribution in [0.3, 0.4) is 0 Å². The third kappa shape index (κ3) is 3.72. The third-order valence-corrected chi connectivity index (χ3v) is 6.70. The monoisotopic (exact) mass is 440 g/mol. The fourth-order valence-corrected chi connectivity index (χ4v) is 5.05. The van der Waals surface area contributed by atoms with Crippen molar-refractivity contribution in [2.75, 3.05) is 31.1 Å². The Morgan fingerprint density at radius 3 is 2.81 bits per heavy atom. The van der Waals surface area contributed by atoms with Gasteiger partial charge in [0.25, 0.3) is 5.91 Å². The van der Waals surface area contributed by atoms with Gasteiger partial charge < -0.3 is 14.9 Å². The predicted octanol–water partition coefficient (Wildman–Crippen LogP) is 3.80. The van der Waals surface area contributed by atoms with E-state index < -0.39 is 11.6 Å².